The number of nitrogens with zero attached hydrogens (tertiary/aromatic N) is 1. The van der Waals surface area contributed by atoms with Crippen LogP contribution >= 0.6 is 0 Å². The molecule has 0 aromatic heterocycles. The molecule has 1 atom stereocenters. The van der Waals surface area contributed by atoms with Crippen LogP contribution in [0.2, 0.25) is 0 Å². The van der Waals surface area contributed by atoms with E-state index in [9.17, 15) is 9.59 Å². The smallest absolute Gasteiger partial charge is 0.319 e. The van der Waals surface area contributed by atoms with Gasteiger partial charge in [-0.1, -0.05) is 6.92 Å². The molecule has 1 heterocycles. The highest BCUT2D eigenvalue weighted by Gasteiger charge is 2.29. The molecule has 0 saturated carbocycles. The molecule has 1 saturated heterocycles. The Hall–Kier alpha value is -1.10. The summed E-state index contributed by atoms with van der Waals surface area (Å²) in [6.45, 7) is 3.44. The number of carbonyl (C=O) groups is 2. The van der Waals surface area contributed by atoms with Crippen LogP contribution in [-0.2, 0) is 14.3 Å². The van der Waals surface area contributed by atoms with Crippen LogP contribution in [0.3, 0.4) is 0 Å². The van der Waals surface area contributed by atoms with Gasteiger partial charge in [0.05, 0.1) is 19.7 Å². The SMILES string of the molecule is CCC1C(=O)NCCN1CC(=O)OC. The van der Waals surface area contributed by atoms with E-state index < -0.39 is 0 Å². The van der Waals surface area contributed by atoms with Gasteiger partial charge in [-0.15, -0.1) is 0 Å². The monoisotopic (exact) mass is 200 g/mol. The number of carbonyl (C=O) groups excluding carboxylic acids is 2. The van der Waals surface area contributed by atoms with Crippen molar-refractivity contribution in [3.63, 3.8) is 0 Å². The van der Waals surface area contributed by atoms with Crippen LogP contribution in [-0.4, -0.2) is 49.6 Å². The summed E-state index contributed by atoms with van der Waals surface area (Å²) in [6.07, 6.45) is 0.711. The molecule has 1 N–H and O–H groups in total. The molecule has 1 fully saturated rings. The van der Waals surface area contributed by atoms with Crippen molar-refractivity contribution >= 4 is 11.9 Å². The van der Waals surface area contributed by atoms with Crippen LogP contribution < -0.4 is 5.32 Å². The van der Waals surface area contributed by atoms with E-state index in [1.807, 2.05) is 11.8 Å². The fraction of sp³-hybridized carbons (Fsp3) is 0.778. The second-order valence-corrected chi connectivity index (χ2v) is 3.26. The average Bonchev–Trinajstić information content (AvgIpc) is 2.18. The Morgan fingerprint density at radius 1 is 1.71 bits per heavy atom. The molecule has 80 valence electrons. The van der Waals surface area contributed by atoms with E-state index in [1.54, 1.807) is 0 Å². The Bertz CT molecular complexity index is 230. The van der Waals surface area contributed by atoms with E-state index >= 15 is 0 Å². The Balaban J connectivity index is 2.56. The first-order valence-electron chi connectivity index (χ1n) is 4.77. The van der Waals surface area contributed by atoms with Crippen molar-refractivity contribution in [2.24, 2.45) is 0 Å². The fourth-order valence-electron chi connectivity index (χ4n) is 1.63. The highest BCUT2D eigenvalue weighted by atomic mass is 16.5. The molecule has 0 spiro atoms. The van der Waals surface area contributed by atoms with Crippen molar-refractivity contribution in [1.82, 2.24) is 10.2 Å². The van der Waals surface area contributed by atoms with Crippen LogP contribution in [0.25, 0.3) is 0 Å². The molecule has 0 aromatic carbocycles. The first-order valence-corrected chi connectivity index (χ1v) is 4.77. The van der Waals surface area contributed by atoms with Gasteiger partial charge < -0.3 is 10.1 Å². The Morgan fingerprint density at radius 2 is 2.43 bits per heavy atom. The summed E-state index contributed by atoms with van der Waals surface area (Å²) in [4.78, 5) is 24.3. The Kier molecular flexibility index (Phi) is 3.88. The van der Waals surface area contributed by atoms with Crippen molar-refractivity contribution in [3.8, 4) is 0 Å². The first-order chi connectivity index (χ1) is 6.69. The zero-order valence-corrected chi connectivity index (χ0v) is 8.58. The van der Waals surface area contributed by atoms with Gasteiger partial charge in [0.2, 0.25) is 5.91 Å². The van der Waals surface area contributed by atoms with Gasteiger partial charge in [0.1, 0.15) is 0 Å². The predicted octanol–water partition coefficient (Wildman–Crippen LogP) is -0.630. The minimum atomic E-state index is -0.293. The van der Waals surface area contributed by atoms with Crippen LogP contribution in [0, 0.1) is 0 Å². The molecule has 1 rings (SSSR count). The maximum absolute atomic E-state index is 11.4. The van der Waals surface area contributed by atoms with Gasteiger partial charge in [0.15, 0.2) is 0 Å². The number of hydrogen-bond donors (Lipinski definition) is 1. The summed E-state index contributed by atoms with van der Waals surface area (Å²) in [7, 11) is 1.35. The quantitative estimate of drug-likeness (QED) is 0.616. The van der Waals surface area contributed by atoms with E-state index in [2.05, 4.69) is 10.1 Å². The van der Waals surface area contributed by atoms with Gasteiger partial charge >= 0.3 is 5.97 Å². The lowest BCUT2D eigenvalue weighted by Crippen LogP contribution is -2.56. The lowest BCUT2D eigenvalue weighted by atomic mass is 10.1. The third-order valence-electron chi connectivity index (χ3n) is 2.39. The molecule has 5 heteroatoms. The number of piperazine rings is 1. The molecular formula is C9H16N2O3. The van der Waals surface area contributed by atoms with Crippen molar-refractivity contribution in [1.29, 1.82) is 0 Å². The highest BCUT2D eigenvalue weighted by molar-refractivity contribution is 5.83. The highest BCUT2D eigenvalue weighted by Crippen LogP contribution is 2.07. The molecule has 1 aliphatic heterocycles. The van der Waals surface area contributed by atoms with Crippen molar-refractivity contribution in [2.45, 2.75) is 19.4 Å². The molecule has 5 nitrogen and oxygen atoms in total. The van der Waals surface area contributed by atoms with Gasteiger partial charge in [0, 0.05) is 13.1 Å². The molecule has 1 amide bonds. The molecular weight excluding hydrogens is 184 g/mol. The van der Waals surface area contributed by atoms with Crippen LogP contribution in [0.1, 0.15) is 13.3 Å². The number of amides is 1. The summed E-state index contributed by atoms with van der Waals surface area (Å²) < 4.78 is 4.57. The summed E-state index contributed by atoms with van der Waals surface area (Å²) >= 11 is 0. The Morgan fingerprint density at radius 3 is 3.00 bits per heavy atom. The second-order valence-electron chi connectivity index (χ2n) is 3.26. The topological polar surface area (TPSA) is 58.6 Å². The van der Waals surface area contributed by atoms with E-state index in [4.69, 9.17) is 0 Å². The zero-order chi connectivity index (χ0) is 10.6. The number of esters is 1. The second kappa shape index (κ2) is 4.95. The van der Waals surface area contributed by atoms with Crippen molar-refractivity contribution in [2.75, 3.05) is 26.7 Å². The minimum absolute atomic E-state index is 0.00246. The van der Waals surface area contributed by atoms with E-state index in [1.165, 1.54) is 7.11 Å². The van der Waals surface area contributed by atoms with Crippen LogP contribution in [0.15, 0.2) is 0 Å². The number of hydrogen-bond acceptors (Lipinski definition) is 4. The Labute approximate surface area is 83.4 Å². The molecule has 0 bridgehead atoms. The lowest BCUT2D eigenvalue weighted by Gasteiger charge is -2.33. The van der Waals surface area contributed by atoms with Gasteiger partial charge in [0.25, 0.3) is 0 Å². The molecule has 0 aromatic rings. The number of rotatable bonds is 3. The number of methoxy groups -OCH3 is 1. The molecule has 0 radical (unpaired) electrons. The van der Waals surface area contributed by atoms with Crippen LogP contribution in [0.5, 0.6) is 0 Å². The zero-order valence-electron chi connectivity index (χ0n) is 8.58. The lowest BCUT2D eigenvalue weighted by molar-refractivity contribution is -0.144. The fourth-order valence-corrected chi connectivity index (χ4v) is 1.63. The summed E-state index contributed by atoms with van der Waals surface area (Å²) in [5.41, 5.74) is 0. The van der Waals surface area contributed by atoms with Crippen molar-refractivity contribution < 1.29 is 14.3 Å². The summed E-state index contributed by atoms with van der Waals surface area (Å²) in [5.74, 6) is -0.291. The molecule has 14 heavy (non-hydrogen) atoms. The van der Waals surface area contributed by atoms with E-state index in [-0.39, 0.29) is 24.5 Å². The maximum atomic E-state index is 11.4. The van der Waals surface area contributed by atoms with Crippen molar-refractivity contribution in [3.05, 3.63) is 0 Å². The van der Waals surface area contributed by atoms with Gasteiger partial charge in [-0.2, -0.15) is 0 Å². The third kappa shape index (κ3) is 2.45. The predicted molar refractivity (Wildman–Crippen MR) is 50.7 cm³/mol. The molecule has 0 aliphatic carbocycles. The van der Waals surface area contributed by atoms with E-state index in [0.717, 1.165) is 0 Å². The van der Waals surface area contributed by atoms with Gasteiger partial charge in [-0.25, -0.2) is 0 Å². The normalized spacial score (nSPS) is 23.0. The average molecular weight is 200 g/mol. The van der Waals surface area contributed by atoms with Gasteiger partial charge in [-0.05, 0) is 6.42 Å². The first kappa shape index (κ1) is 11.0. The summed E-state index contributed by atoms with van der Waals surface area (Å²) in [5, 5.41) is 2.77. The summed E-state index contributed by atoms with van der Waals surface area (Å²) in [6, 6.07) is -0.192. The van der Waals surface area contributed by atoms with E-state index in [0.29, 0.717) is 19.5 Å². The third-order valence-corrected chi connectivity index (χ3v) is 2.39. The largest absolute Gasteiger partial charge is 0.468 e. The molecule has 1 aliphatic rings. The van der Waals surface area contributed by atoms with Gasteiger partial charge in [-0.3, -0.25) is 14.5 Å². The number of nitrogens with one attached hydrogen (secondary N) is 1. The number of ether oxygens (including phenoxy) is 1. The molecule has 1 unspecified atom stereocenters. The maximum Gasteiger partial charge on any atom is 0.319 e. The standard InChI is InChI=1S/C9H16N2O3/c1-3-7-9(13)10-4-5-11(7)6-8(12)14-2/h7H,3-6H2,1-2H3,(H,10,13). The minimum Gasteiger partial charge on any atom is -0.468 e. The van der Waals surface area contributed by atoms with Crippen LogP contribution in [0.4, 0.5) is 0 Å².